The highest BCUT2D eigenvalue weighted by atomic mass is 32.2. The molecule has 0 radical (unpaired) electrons. The Bertz CT molecular complexity index is 624. The van der Waals surface area contributed by atoms with Crippen LogP contribution in [-0.2, 0) is 11.3 Å². The molecule has 1 fully saturated rings. The predicted octanol–water partition coefficient (Wildman–Crippen LogP) is 2.26. The van der Waals surface area contributed by atoms with Crippen LogP contribution in [0.2, 0.25) is 0 Å². The van der Waals surface area contributed by atoms with E-state index in [0.717, 1.165) is 29.5 Å². The van der Waals surface area contributed by atoms with Gasteiger partial charge in [-0.05, 0) is 32.1 Å². The highest BCUT2D eigenvalue weighted by Crippen LogP contribution is 2.36. The number of hydrogen-bond donors (Lipinski definition) is 1. The van der Waals surface area contributed by atoms with E-state index in [1.807, 2.05) is 6.92 Å². The lowest BCUT2D eigenvalue weighted by Crippen LogP contribution is -2.46. The summed E-state index contributed by atoms with van der Waals surface area (Å²) in [6, 6.07) is -0.434. The van der Waals surface area contributed by atoms with Gasteiger partial charge in [-0.15, -0.1) is 5.10 Å². The summed E-state index contributed by atoms with van der Waals surface area (Å²) in [5, 5.41) is 6.44. The third kappa shape index (κ3) is 5.02. The minimum Gasteiger partial charge on any atom is -0.330 e. The van der Waals surface area contributed by atoms with E-state index in [1.54, 1.807) is 6.92 Å². The Morgan fingerprint density at radius 3 is 2.71 bits per heavy atom. The van der Waals surface area contributed by atoms with E-state index in [1.165, 1.54) is 4.57 Å². The molecule has 0 saturated heterocycles. The lowest BCUT2D eigenvalue weighted by atomic mass is 10.2. The van der Waals surface area contributed by atoms with Gasteiger partial charge in [-0.3, -0.25) is 9.36 Å². The van der Waals surface area contributed by atoms with E-state index in [4.69, 9.17) is 0 Å². The summed E-state index contributed by atoms with van der Waals surface area (Å²) in [4.78, 5) is 24.8. The van der Waals surface area contributed by atoms with Gasteiger partial charge in [0, 0.05) is 12.6 Å². The molecular weight excluding hydrogens is 345 g/mol. The van der Waals surface area contributed by atoms with Crippen molar-refractivity contribution in [1.29, 1.82) is 0 Å². The lowest BCUT2D eigenvalue weighted by Gasteiger charge is -2.30. The molecule has 1 atom stereocenters. The Balaban J connectivity index is 2.03. The molecule has 1 saturated carbocycles. The van der Waals surface area contributed by atoms with Crippen LogP contribution < -0.4 is 5.69 Å². The second-order valence-corrected chi connectivity index (χ2v) is 6.91. The number of carbonyl (C=O) groups is 1. The highest BCUT2D eigenvalue weighted by molar-refractivity contribution is 7.99. The maximum Gasteiger partial charge on any atom is 0.406 e. The third-order valence-corrected chi connectivity index (χ3v) is 4.92. The zero-order valence-electron chi connectivity index (χ0n) is 13.6. The molecule has 0 aromatic carbocycles. The number of aromatic nitrogens is 3. The number of thioether (sulfide) groups is 1. The first-order chi connectivity index (χ1) is 11.2. The Kier molecular flexibility index (Phi) is 6.00. The van der Waals surface area contributed by atoms with Gasteiger partial charge >= 0.3 is 11.9 Å². The largest absolute Gasteiger partial charge is 0.406 e. The molecule has 1 aromatic heterocycles. The average Bonchev–Trinajstić information content (AvgIpc) is 3.28. The first-order valence-corrected chi connectivity index (χ1v) is 8.85. The number of rotatable bonds is 8. The fraction of sp³-hybridized carbons (Fsp3) is 0.786. The summed E-state index contributed by atoms with van der Waals surface area (Å²) in [5.41, 5.74) is -0.384. The van der Waals surface area contributed by atoms with E-state index in [9.17, 15) is 22.8 Å². The van der Waals surface area contributed by atoms with Crippen LogP contribution in [0.4, 0.5) is 13.2 Å². The Labute approximate surface area is 141 Å². The van der Waals surface area contributed by atoms with Crippen LogP contribution in [0.5, 0.6) is 0 Å². The van der Waals surface area contributed by atoms with Crippen LogP contribution in [-0.4, -0.2) is 50.1 Å². The number of carbonyl (C=O) groups excluding carboxylic acids is 1. The van der Waals surface area contributed by atoms with Gasteiger partial charge in [0.25, 0.3) is 0 Å². The van der Waals surface area contributed by atoms with Crippen molar-refractivity contribution >= 4 is 17.7 Å². The van der Waals surface area contributed by atoms with Crippen molar-refractivity contribution in [3.8, 4) is 0 Å². The molecule has 0 bridgehead atoms. The van der Waals surface area contributed by atoms with Crippen molar-refractivity contribution in [2.45, 2.75) is 57.0 Å². The number of aromatic amines is 1. The minimum atomic E-state index is -4.43. The number of halogens is 3. The molecular formula is C14H21F3N4O2S. The monoisotopic (exact) mass is 366 g/mol. The summed E-state index contributed by atoms with van der Waals surface area (Å²) < 4.78 is 39.7. The molecule has 1 N–H and O–H groups in total. The molecule has 0 unspecified atom stereocenters. The van der Waals surface area contributed by atoms with Gasteiger partial charge in [0.1, 0.15) is 6.54 Å². The maximum atomic E-state index is 12.8. The Morgan fingerprint density at radius 2 is 2.17 bits per heavy atom. The zero-order chi connectivity index (χ0) is 17.9. The molecule has 2 rings (SSSR count). The first-order valence-electron chi connectivity index (χ1n) is 7.87. The van der Waals surface area contributed by atoms with Crippen LogP contribution >= 0.6 is 11.8 Å². The summed E-state index contributed by atoms with van der Waals surface area (Å²) in [5.74, 6) is -0.624. The molecule has 0 spiro atoms. The van der Waals surface area contributed by atoms with E-state index in [2.05, 4.69) is 10.2 Å². The number of amides is 1. The summed E-state index contributed by atoms with van der Waals surface area (Å²) in [7, 11) is 0. The third-order valence-electron chi connectivity index (χ3n) is 3.96. The van der Waals surface area contributed by atoms with Crippen LogP contribution in [0.3, 0.4) is 0 Å². The van der Waals surface area contributed by atoms with Gasteiger partial charge in [-0.1, -0.05) is 18.7 Å². The Morgan fingerprint density at radius 1 is 1.50 bits per heavy atom. The van der Waals surface area contributed by atoms with Crippen LogP contribution in [0.1, 0.15) is 33.1 Å². The molecule has 1 aliphatic carbocycles. The van der Waals surface area contributed by atoms with Crippen molar-refractivity contribution in [2.75, 3.05) is 12.3 Å². The minimum absolute atomic E-state index is 0.143. The quantitative estimate of drug-likeness (QED) is 0.717. The average molecular weight is 366 g/mol. The maximum absolute atomic E-state index is 12.8. The van der Waals surface area contributed by atoms with Crippen molar-refractivity contribution in [3.05, 3.63) is 10.5 Å². The molecule has 136 valence electrons. The van der Waals surface area contributed by atoms with Gasteiger partial charge < -0.3 is 4.90 Å². The summed E-state index contributed by atoms with van der Waals surface area (Å²) in [6.07, 6.45) is -2.02. The van der Waals surface area contributed by atoms with Crippen LogP contribution in [0.25, 0.3) is 0 Å². The molecule has 1 heterocycles. The van der Waals surface area contributed by atoms with E-state index < -0.39 is 24.7 Å². The predicted molar refractivity (Wildman–Crippen MR) is 83.8 cm³/mol. The second-order valence-electron chi connectivity index (χ2n) is 5.97. The number of hydrogen-bond acceptors (Lipinski definition) is 4. The van der Waals surface area contributed by atoms with E-state index in [-0.39, 0.29) is 17.4 Å². The van der Waals surface area contributed by atoms with Gasteiger partial charge in [0.05, 0.1) is 5.75 Å². The van der Waals surface area contributed by atoms with E-state index in [0.29, 0.717) is 18.1 Å². The topological polar surface area (TPSA) is 71.0 Å². The number of alkyl halides is 3. The molecule has 6 nitrogen and oxygen atoms in total. The van der Waals surface area contributed by atoms with Crippen molar-refractivity contribution in [1.82, 2.24) is 19.7 Å². The van der Waals surface area contributed by atoms with Gasteiger partial charge in [-0.2, -0.15) is 13.2 Å². The standard InChI is InChI=1S/C14H21F3N4O2S/c1-3-6-20-12(23)18-19-13(20)24-7-11(22)21(8-14(15,16)17)9(2)10-4-5-10/h9-10H,3-8H2,1-2H3,(H,18,23)/t9-/m0/s1. The number of nitrogens with zero attached hydrogens (tertiary/aromatic N) is 3. The summed E-state index contributed by atoms with van der Waals surface area (Å²) in [6.45, 7) is 2.75. The number of nitrogens with one attached hydrogen (secondary N) is 1. The van der Waals surface area contributed by atoms with Gasteiger partial charge in [0.2, 0.25) is 5.91 Å². The summed E-state index contributed by atoms with van der Waals surface area (Å²) >= 11 is 0.982. The smallest absolute Gasteiger partial charge is 0.330 e. The van der Waals surface area contributed by atoms with Gasteiger partial charge in [0.15, 0.2) is 5.16 Å². The normalized spacial score (nSPS) is 16.2. The lowest BCUT2D eigenvalue weighted by molar-refractivity contribution is -0.164. The van der Waals surface area contributed by atoms with Crippen molar-refractivity contribution in [2.24, 2.45) is 5.92 Å². The SMILES string of the molecule is CCCn1c(SCC(=O)N(CC(F)(F)F)[C@@H](C)C2CC2)n[nH]c1=O. The molecule has 24 heavy (non-hydrogen) atoms. The Hall–Kier alpha value is -1.45. The fourth-order valence-electron chi connectivity index (χ4n) is 2.53. The first kappa shape index (κ1) is 18.9. The zero-order valence-corrected chi connectivity index (χ0v) is 14.4. The van der Waals surface area contributed by atoms with Crippen LogP contribution in [0.15, 0.2) is 9.95 Å². The van der Waals surface area contributed by atoms with Gasteiger partial charge in [-0.25, -0.2) is 9.89 Å². The van der Waals surface area contributed by atoms with Crippen LogP contribution in [0, 0.1) is 5.92 Å². The van der Waals surface area contributed by atoms with E-state index >= 15 is 0 Å². The molecule has 10 heteroatoms. The number of H-pyrrole nitrogens is 1. The second kappa shape index (κ2) is 7.62. The molecule has 1 amide bonds. The van der Waals surface area contributed by atoms with Crippen molar-refractivity contribution in [3.63, 3.8) is 0 Å². The molecule has 1 aromatic rings. The highest BCUT2D eigenvalue weighted by Gasteiger charge is 2.40. The molecule has 1 aliphatic rings. The fourth-order valence-corrected chi connectivity index (χ4v) is 3.39. The van der Waals surface area contributed by atoms with Crippen molar-refractivity contribution < 1.29 is 18.0 Å². The molecule has 0 aliphatic heterocycles.